The van der Waals surface area contributed by atoms with Gasteiger partial charge < -0.3 is 39.8 Å². The van der Waals surface area contributed by atoms with Crippen LogP contribution in [0.2, 0.25) is 0 Å². The molecule has 0 fully saturated rings. The maximum atomic E-state index is 12.5. The lowest BCUT2D eigenvalue weighted by Gasteiger charge is -2.13. The highest BCUT2D eigenvalue weighted by Crippen LogP contribution is 2.24. The molecule has 12 nitrogen and oxygen atoms in total. The Morgan fingerprint density at radius 1 is 0.556 bits per heavy atom. The summed E-state index contributed by atoms with van der Waals surface area (Å²) in [5.74, 6) is -1.49. The first-order valence-corrected chi connectivity index (χ1v) is 13.5. The molecule has 0 heterocycles. The molecule has 4 aromatic carbocycles. The van der Waals surface area contributed by atoms with Crippen molar-refractivity contribution in [2.24, 2.45) is 0 Å². The Morgan fingerprint density at radius 2 is 0.911 bits per heavy atom. The fourth-order valence-corrected chi connectivity index (χ4v) is 4.22. The van der Waals surface area contributed by atoms with E-state index in [2.05, 4.69) is 10.6 Å². The Hall–Kier alpha value is -6.04. The molecule has 0 atom stereocenters. The third-order valence-electron chi connectivity index (χ3n) is 6.44. The molecule has 0 aliphatic heterocycles. The minimum Gasteiger partial charge on any atom is -0.497 e. The maximum Gasteiger partial charge on any atom is 0.337 e. The summed E-state index contributed by atoms with van der Waals surface area (Å²) >= 11 is 0. The van der Waals surface area contributed by atoms with Gasteiger partial charge in [-0.25, -0.2) is 9.59 Å². The highest BCUT2D eigenvalue weighted by molar-refractivity contribution is 6.02. The quantitative estimate of drug-likeness (QED) is 0.156. The lowest BCUT2D eigenvalue weighted by atomic mass is 9.99. The molecule has 2 amide bonds. The number of aromatic carboxylic acids is 2. The number of carboxylic acid groups (broad SMARTS) is 2. The van der Waals surface area contributed by atoms with Crippen LogP contribution in [-0.4, -0.2) is 61.4 Å². The van der Waals surface area contributed by atoms with E-state index >= 15 is 0 Å². The van der Waals surface area contributed by atoms with Gasteiger partial charge in [-0.3, -0.25) is 9.59 Å². The minimum absolute atomic E-state index is 0.0794. The topological polar surface area (TPSA) is 170 Å². The highest BCUT2D eigenvalue weighted by Gasteiger charge is 2.17. The second-order valence-corrected chi connectivity index (χ2v) is 9.57. The fraction of sp³-hybridized carbons (Fsp3) is 0.152. The van der Waals surface area contributed by atoms with Crippen molar-refractivity contribution in [2.75, 3.05) is 38.1 Å². The Balaban J connectivity index is 1.39. The number of amides is 2. The number of hydrogen-bond donors (Lipinski definition) is 4. The predicted molar refractivity (Wildman–Crippen MR) is 164 cm³/mol. The van der Waals surface area contributed by atoms with Crippen molar-refractivity contribution >= 4 is 35.1 Å². The molecule has 0 unspecified atom stereocenters. The van der Waals surface area contributed by atoms with E-state index in [1.54, 1.807) is 60.7 Å². The van der Waals surface area contributed by atoms with E-state index in [1.165, 1.54) is 38.5 Å². The number of rotatable bonds is 14. The Kier molecular flexibility index (Phi) is 10.6. The predicted octanol–water partition coefficient (Wildman–Crippen LogP) is 4.73. The van der Waals surface area contributed by atoms with Crippen LogP contribution in [0, 0.1) is 0 Å². The van der Waals surface area contributed by atoms with E-state index in [-0.39, 0.29) is 42.1 Å². The van der Waals surface area contributed by atoms with Crippen molar-refractivity contribution < 1.29 is 48.3 Å². The van der Waals surface area contributed by atoms with Gasteiger partial charge in [-0.05, 0) is 90.3 Å². The van der Waals surface area contributed by atoms with Crippen molar-refractivity contribution in [3.63, 3.8) is 0 Å². The van der Waals surface area contributed by atoms with Crippen molar-refractivity contribution in [3.05, 3.63) is 107 Å². The van der Waals surface area contributed by atoms with Crippen LogP contribution in [-0.2, 0) is 16.0 Å². The summed E-state index contributed by atoms with van der Waals surface area (Å²) in [5, 5.41) is 24.6. The van der Waals surface area contributed by atoms with Gasteiger partial charge in [0, 0.05) is 0 Å². The van der Waals surface area contributed by atoms with Gasteiger partial charge in [0.05, 0.1) is 36.7 Å². The second kappa shape index (κ2) is 14.9. The monoisotopic (exact) mass is 614 g/mol. The molecule has 0 saturated carbocycles. The first-order valence-electron chi connectivity index (χ1n) is 13.5. The molecule has 0 saturated heterocycles. The molecule has 4 aromatic rings. The van der Waals surface area contributed by atoms with Crippen LogP contribution in [0.5, 0.6) is 23.0 Å². The van der Waals surface area contributed by atoms with Crippen LogP contribution in [0.15, 0.2) is 84.9 Å². The van der Waals surface area contributed by atoms with Crippen LogP contribution >= 0.6 is 0 Å². The molecule has 45 heavy (non-hydrogen) atoms. The molecule has 0 aliphatic rings. The number of carboxylic acids is 2. The molecule has 0 aromatic heterocycles. The third kappa shape index (κ3) is 8.97. The van der Waals surface area contributed by atoms with E-state index in [0.29, 0.717) is 34.1 Å². The summed E-state index contributed by atoms with van der Waals surface area (Å²) in [4.78, 5) is 48.9. The van der Waals surface area contributed by atoms with Crippen molar-refractivity contribution in [1.29, 1.82) is 0 Å². The van der Waals surface area contributed by atoms with E-state index in [4.69, 9.17) is 18.9 Å². The summed E-state index contributed by atoms with van der Waals surface area (Å²) in [6.45, 7) is -0.691. The fourth-order valence-electron chi connectivity index (χ4n) is 4.22. The van der Waals surface area contributed by atoms with Crippen molar-refractivity contribution in [2.45, 2.75) is 6.42 Å². The lowest BCUT2D eigenvalue weighted by Crippen LogP contribution is -2.22. The van der Waals surface area contributed by atoms with Gasteiger partial charge in [0.25, 0.3) is 11.8 Å². The van der Waals surface area contributed by atoms with Crippen LogP contribution in [0.4, 0.5) is 11.4 Å². The number of methoxy groups -OCH3 is 2. The Morgan fingerprint density at radius 3 is 1.24 bits per heavy atom. The molecule has 0 aliphatic carbocycles. The first-order chi connectivity index (χ1) is 21.6. The van der Waals surface area contributed by atoms with Crippen molar-refractivity contribution in [3.8, 4) is 23.0 Å². The lowest BCUT2D eigenvalue weighted by molar-refractivity contribution is -0.118. The summed E-state index contributed by atoms with van der Waals surface area (Å²) in [7, 11) is 3.06. The number of anilines is 2. The summed E-state index contributed by atoms with van der Waals surface area (Å²) in [6.07, 6.45) is 0.185. The molecule has 0 spiro atoms. The Bertz CT molecular complexity index is 1560. The number of ether oxygens (including phenoxy) is 4. The maximum absolute atomic E-state index is 12.5. The standard InChI is InChI=1S/C33H30N2O10/c1-42-22-5-9-24(10-6-22)44-18-30(36)34-28-13-3-20(16-26(28)32(38)39)15-21-4-14-29(27(17-21)33(40)41)35-31(37)19-45-25-11-7-23(43-2)8-12-25/h3-14,16-17H,15,18-19H2,1-2H3,(H,34,36)(H,35,37)(H,38,39)(H,40,41). The highest BCUT2D eigenvalue weighted by atomic mass is 16.5. The minimum atomic E-state index is -1.26. The van der Waals surface area contributed by atoms with Crippen molar-refractivity contribution in [1.82, 2.24) is 0 Å². The molecular weight excluding hydrogens is 584 g/mol. The molecule has 12 heteroatoms. The van der Waals surface area contributed by atoms with Gasteiger partial charge >= 0.3 is 11.9 Å². The molecule has 0 radical (unpaired) electrons. The van der Waals surface area contributed by atoms with E-state index in [9.17, 15) is 29.4 Å². The zero-order valence-electron chi connectivity index (χ0n) is 24.4. The van der Waals surface area contributed by atoms with Gasteiger partial charge in [-0.2, -0.15) is 0 Å². The normalized spacial score (nSPS) is 10.4. The second-order valence-electron chi connectivity index (χ2n) is 9.57. The number of hydrogen-bond acceptors (Lipinski definition) is 8. The summed E-state index contributed by atoms with van der Waals surface area (Å²) in [6, 6.07) is 22.2. The van der Waals surface area contributed by atoms with Crippen LogP contribution < -0.4 is 29.6 Å². The zero-order chi connectivity index (χ0) is 32.3. The van der Waals surface area contributed by atoms with Gasteiger partial charge in [-0.1, -0.05) is 12.1 Å². The largest absolute Gasteiger partial charge is 0.497 e. The molecule has 0 bridgehead atoms. The van der Waals surface area contributed by atoms with Gasteiger partial charge in [0.1, 0.15) is 23.0 Å². The molecule has 232 valence electrons. The Labute approximate surface area is 258 Å². The van der Waals surface area contributed by atoms with Crippen LogP contribution in [0.3, 0.4) is 0 Å². The van der Waals surface area contributed by atoms with Crippen LogP contribution in [0.25, 0.3) is 0 Å². The summed E-state index contributed by atoms with van der Waals surface area (Å²) in [5.41, 5.74) is 0.974. The smallest absolute Gasteiger partial charge is 0.337 e. The van der Waals surface area contributed by atoms with Crippen LogP contribution in [0.1, 0.15) is 31.8 Å². The van der Waals surface area contributed by atoms with E-state index in [0.717, 1.165) is 0 Å². The number of benzene rings is 4. The average molecular weight is 615 g/mol. The van der Waals surface area contributed by atoms with Gasteiger partial charge in [0.2, 0.25) is 0 Å². The first kappa shape index (κ1) is 31.9. The average Bonchev–Trinajstić information content (AvgIpc) is 3.04. The molecular formula is C33H30N2O10. The SMILES string of the molecule is COc1ccc(OCC(=O)Nc2ccc(Cc3ccc(NC(=O)COc4ccc(OC)cc4)c(C(=O)O)c3)cc2C(=O)O)cc1. The zero-order valence-corrected chi connectivity index (χ0v) is 24.4. The molecule has 4 N–H and O–H groups in total. The van der Waals surface area contributed by atoms with Gasteiger partial charge in [-0.15, -0.1) is 0 Å². The third-order valence-corrected chi connectivity index (χ3v) is 6.44. The number of carbonyl (C=O) groups is 4. The number of carbonyl (C=O) groups excluding carboxylic acids is 2. The van der Waals surface area contributed by atoms with Gasteiger partial charge in [0.15, 0.2) is 13.2 Å². The van der Waals surface area contributed by atoms with E-state index in [1.807, 2.05) is 0 Å². The number of nitrogens with one attached hydrogen (secondary N) is 2. The van der Waals surface area contributed by atoms with E-state index < -0.39 is 23.8 Å². The molecule has 4 rings (SSSR count). The summed E-state index contributed by atoms with van der Waals surface area (Å²) < 4.78 is 21.1.